The van der Waals surface area contributed by atoms with Crippen LogP contribution < -0.4 is 4.74 Å². The van der Waals surface area contributed by atoms with Gasteiger partial charge in [0.05, 0.1) is 11.9 Å². The molecule has 0 fully saturated rings. The molecule has 0 N–H and O–H groups in total. The zero-order valence-electron chi connectivity index (χ0n) is 6.61. The van der Waals surface area contributed by atoms with E-state index in [0.717, 1.165) is 6.20 Å². The fourth-order valence-electron chi connectivity index (χ4n) is 0.736. The van der Waals surface area contributed by atoms with E-state index in [9.17, 15) is 13.2 Å². The Kier molecular flexibility index (Phi) is 3.77. The van der Waals surface area contributed by atoms with Crippen molar-refractivity contribution in [1.82, 2.24) is 4.98 Å². The molecule has 0 spiro atoms. The van der Waals surface area contributed by atoms with E-state index in [1.165, 1.54) is 6.07 Å². The summed E-state index contributed by atoms with van der Waals surface area (Å²) in [5.74, 6) is -0.339. The van der Waals surface area contributed by atoms with Crippen molar-refractivity contribution < 1.29 is 17.9 Å². The number of hydrogen-bond acceptors (Lipinski definition) is 2. The van der Waals surface area contributed by atoms with Crippen LogP contribution in [0, 0.1) is 0 Å². The number of halogens is 5. The molecule has 0 saturated heterocycles. The predicted octanol–water partition coefficient (Wildman–Crippen LogP) is 3.64. The van der Waals surface area contributed by atoms with Gasteiger partial charge in [-0.25, -0.2) is 0 Å². The average molecular weight is 335 g/mol. The number of nitrogens with zero attached hydrogens (tertiary/aromatic N) is 1. The molecule has 1 aromatic heterocycles. The Morgan fingerprint density at radius 3 is 2.50 bits per heavy atom. The highest BCUT2D eigenvalue weighted by molar-refractivity contribution is 9.10. The zero-order valence-corrected chi connectivity index (χ0v) is 9.78. The summed E-state index contributed by atoms with van der Waals surface area (Å²) < 4.78 is 39.5. The molecule has 1 rings (SSSR count). The third kappa shape index (κ3) is 3.45. The standard InChI is InChI=1S/C7H4Br2F3NO/c8-2-6-5(9)1-4(3-13-6)14-7(10,11)12/h1,3H,2H2. The maximum Gasteiger partial charge on any atom is 0.573 e. The summed E-state index contributed by atoms with van der Waals surface area (Å²) in [6.07, 6.45) is -3.66. The quantitative estimate of drug-likeness (QED) is 0.770. The number of alkyl halides is 4. The molecule has 0 unspecified atom stereocenters. The summed E-state index contributed by atoms with van der Waals surface area (Å²) in [6, 6.07) is 1.22. The van der Waals surface area contributed by atoms with E-state index in [-0.39, 0.29) is 5.75 Å². The van der Waals surface area contributed by atoms with Gasteiger partial charge in [-0.15, -0.1) is 13.2 Å². The summed E-state index contributed by atoms with van der Waals surface area (Å²) in [7, 11) is 0. The molecule has 0 aromatic carbocycles. The fraction of sp³-hybridized carbons (Fsp3) is 0.286. The first-order valence-corrected chi connectivity index (χ1v) is 5.30. The van der Waals surface area contributed by atoms with E-state index in [0.29, 0.717) is 15.5 Å². The Balaban J connectivity index is 2.87. The normalized spacial score (nSPS) is 11.5. The van der Waals surface area contributed by atoms with Gasteiger partial charge in [0.25, 0.3) is 0 Å². The average Bonchev–Trinajstić information content (AvgIpc) is 2.01. The van der Waals surface area contributed by atoms with Crippen LogP contribution in [0.5, 0.6) is 5.75 Å². The van der Waals surface area contributed by atoms with Gasteiger partial charge in [0, 0.05) is 9.80 Å². The van der Waals surface area contributed by atoms with Gasteiger partial charge in [-0.2, -0.15) is 0 Å². The Hall–Kier alpha value is -0.300. The lowest BCUT2D eigenvalue weighted by Crippen LogP contribution is -2.17. The second-order valence-electron chi connectivity index (χ2n) is 2.28. The lowest BCUT2D eigenvalue weighted by Gasteiger charge is -2.09. The summed E-state index contributed by atoms with van der Waals surface area (Å²) in [4.78, 5) is 3.76. The third-order valence-corrected chi connectivity index (χ3v) is 2.47. The highest BCUT2D eigenvalue weighted by Gasteiger charge is 2.31. The maximum absolute atomic E-state index is 11.8. The zero-order chi connectivity index (χ0) is 10.8. The molecule has 14 heavy (non-hydrogen) atoms. The predicted molar refractivity (Wildman–Crippen MR) is 51.3 cm³/mol. The monoisotopic (exact) mass is 333 g/mol. The van der Waals surface area contributed by atoms with Crippen molar-refractivity contribution in [2.75, 3.05) is 0 Å². The van der Waals surface area contributed by atoms with Crippen LogP contribution in [0.25, 0.3) is 0 Å². The summed E-state index contributed by atoms with van der Waals surface area (Å²) in [5, 5.41) is 0.458. The second-order valence-corrected chi connectivity index (χ2v) is 3.70. The van der Waals surface area contributed by atoms with Crippen molar-refractivity contribution >= 4 is 31.9 Å². The SMILES string of the molecule is FC(F)(F)Oc1cnc(CBr)c(Br)c1. The Labute approximate surface area is 94.7 Å². The molecule has 1 heterocycles. The van der Waals surface area contributed by atoms with E-state index in [1.807, 2.05) is 0 Å². The van der Waals surface area contributed by atoms with Crippen LogP contribution >= 0.6 is 31.9 Å². The number of pyridine rings is 1. The van der Waals surface area contributed by atoms with Gasteiger partial charge in [-0.1, -0.05) is 15.9 Å². The van der Waals surface area contributed by atoms with Crippen LogP contribution in [0.2, 0.25) is 0 Å². The van der Waals surface area contributed by atoms with Crippen LogP contribution in [-0.2, 0) is 5.33 Å². The highest BCUT2D eigenvalue weighted by Crippen LogP contribution is 2.26. The fourth-order valence-corrected chi connectivity index (χ4v) is 2.03. The van der Waals surface area contributed by atoms with Crippen molar-refractivity contribution in [2.45, 2.75) is 11.7 Å². The Morgan fingerprint density at radius 2 is 2.07 bits per heavy atom. The molecule has 78 valence electrons. The van der Waals surface area contributed by atoms with Crippen LogP contribution in [0.15, 0.2) is 16.7 Å². The molecule has 2 nitrogen and oxygen atoms in total. The second kappa shape index (κ2) is 4.48. The molecule has 0 atom stereocenters. The number of hydrogen-bond donors (Lipinski definition) is 0. The largest absolute Gasteiger partial charge is 0.573 e. The van der Waals surface area contributed by atoms with E-state index in [1.54, 1.807) is 0 Å². The van der Waals surface area contributed by atoms with E-state index >= 15 is 0 Å². The summed E-state index contributed by atoms with van der Waals surface area (Å²) in [6.45, 7) is 0. The molecule has 0 amide bonds. The van der Waals surface area contributed by atoms with E-state index in [2.05, 4.69) is 41.6 Å². The molecule has 0 aliphatic heterocycles. The van der Waals surface area contributed by atoms with Gasteiger partial charge < -0.3 is 4.74 Å². The lowest BCUT2D eigenvalue weighted by atomic mass is 10.4. The van der Waals surface area contributed by atoms with Gasteiger partial charge in [-0.05, 0) is 22.0 Å². The van der Waals surface area contributed by atoms with E-state index in [4.69, 9.17) is 0 Å². The molecule has 0 aliphatic carbocycles. The molecule has 0 saturated carbocycles. The highest BCUT2D eigenvalue weighted by atomic mass is 79.9. The minimum Gasteiger partial charge on any atom is -0.404 e. The van der Waals surface area contributed by atoms with Gasteiger partial charge in [0.15, 0.2) is 0 Å². The van der Waals surface area contributed by atoms with Crippen LogP contribution in [0.4, 0.5) is 13.2 Å². The number of rotatable bonds is 2. The van der Waals surface area contributed by atoms with Crippen molar-refractivity contribution in [3.05, 3.63) is 22.4 Å². The van der Waals surface area contributed by atoms with E-state index < -0.39 is 6.36 Å². The Morgan fingerprint density at radius 1 is 1.43 bits per heavy atom. The molecule has 0 bridgehead atoms. The first-order valence-electron chi connectivity index (χ1n) is 3.38. The van der Waals surface area contributed by atoms with Crippen molar-refractivity contribution in [1.29, 1.82) is 0 Å². The summed E-state index contributed by atoms with van der Waals surface area (Å²) >= 11 is 6.21. The van der Waals surface area contributed by atoms with Crippen molar-refractivity contribution in [2.24, 2.45) is 0 Å². The smallest absolute Gasteiger partial charge is 0.404 e. The Bertz CT molecular complexity index is 329. The molecular weight excluding hydrogens is 331 g/mol. The minimum atomic E-state index is -4.68. The third-order valence-electron chi connectivity index (χ3n) is 1.25. The van der Waals surface area contributed by atoms with Crippen LogP contribution in [0.1, 0.15) is 5.69 Å². The topological polar surface area (TPSA) is 22.1 Å². The molecule has 1 aromatic rings. The van der Waals surface area contributed by atoms with Gasteiger partial charge in [0.2, 0.25) is 0 Å². The summed E-state index contributed by atoms with van der Waals surface area (Å²) in [5.41, 5.74) is 0.611. The molecule has 0 aliphatic rings. The molecule has 7 heteroatoms. The first kappa shape index (κ1) is 11.8. The number of aromatic nitrogens is 1. The van der Waals surface area contributed by atoms with Crippen molar-refractivity contribution in [3.8, 4) is 5.75 Å². The van der Waals surface area contributed by atoms with Crippen LogP contribution in [0.3, 0.4) is 0 Å². The maximum atomic E-state index is 11.8. The van der Waals surface area contributed by atoms with Gasteiger partial charge in [0.1, 0.15) is 5.75 Å². The van der Waals surface area contributed by atoms with Crippen LogP contribution in [-0.4, -0.2) is 11.3 Å². The number of ether oxygens (including phenoxy) is 1. The molecular formula is C7H4Br2F3NO. The molecule has 0 radical (unpaired) electrons. The first-order chi connectivity index (χ1) is 6.42. The van der Waals surface area contributed by atoms with Gasteiger partial charge in [-0.3, -0.25) is 4.98 Å². The lowest BCUT2D eigenvalue weighted by molar-refractivity contribution is -0.274. The van der Waals surface area contributed by atoms with Crippen molar-refractivity contribution in [3.63, 3.8) is 0 Å². The van der Waals surface area contributed by atoms with Gasteiger partial charge >= 0.3 is 6.36 Å². The minimum absolute atomic E-state index is 0.339.